The number of alkyl halides is 6. The number of carboxylic acids is 1. The number of carboxylic acid groups (broad SMARTS) is 1. The molecule has 0 bridgehead atoms. The third-order valence-corrected chi connectivity index (χ3v) is 4.91. The van der Waals surface area contributed by atoms with E-state index in [-0.39, 0.29) is 5.56 Å². The molecule has 15 heteroatoms. The Morgan fingerprint density at radius 2 is 1.67 bits per heavy atom. The molecule has 3 aromatic rings. The number of aliphatic carboxylic acids is 1. The normalized spacial score (nSPS) is 12.4. The SMILES string of the molecule is CN(C)CCOc1cc(-c2cn[nH]c2)ccc1NC(=O)C(O)c1ccc(C(F)(F)F)cc1.O=C(O)C(F)(F)F. The smallest absolute Gasteiger partial charge is 0.490 e. The number of likely N-dealkylation sites (N-methyl/N-ethyl adjacent to an activating group) is 1. The van der Waals surface area contributed by atoms with Gasteiger partial charge in [0.1, 0.15) is 12.4 Å². The summed E-state index contributed by atoms with van der Waals surface area (Å²) < 4.78 is 75.8. The fourth-order valence-corrected chi connectivity index (χ4v) is 2.88. The summed E-state index contributed by atoms with van der Waals surface area (Å²) in [5.41, 5.74) is 1.14. The number of nitrogens with one attached hydrogen (secondary N) is 2. The number of ether oxygens (including phenoxy) is 1. The number of aromatic nitrogens is 2. The average molecular weight is 562 g/mol. The molecule has 1 atom stereocenters. The second-order valence-corrected chi connectivity index (χ2v) is 8.16. The van der Waals surface area contributed by atoms with Gasteiger partial charge in [-0.3, -0.25) is 9.89 Å². The lowest BCUT2D eigenvalue weighted by molar-refractivity contribution is -0.192. The van der Waals surface area contributed by atoms with Crippen molar-refractivity contribution in [3.05, 3.63) is 66.0 Å². The van der Waals surface area contributed by atoms with Crippen LogP contribution in [0, 0.1) is 0 Å². The van der Waals surface area contributed by atoms with Gasteiger partial charge in [0.25, 0.3) is 5.91 Å². The predicted molar refractivity (Wildman–Crippen MR) is 127 cm³/mol. The van der Waals surface area contributed by atoms with Gasteiger partial charge in [-0.25, -0.2) is 4.79 Å². The highest BCUT2D eigenvalue weighted by atomic mass is 19.4. The van der Waals surface area contributed by atoms with Crippen LogP contribution >= 0.6 is 0 Å². The van der Waals surface area contributed by atoms with Gasteiger partial charge in [-0.2, -0.15) is 31.4 Å². The summed E-state index contributed by atoms with van der Waals surface area (Å²) in [7, 11) is 3.79. The van der Waals surface area contributed by atoms with Gasteiger partial charge in [0.05, 0.1) is 17.4 Å². The van der Waals surface area contributed by atoms with E-state index in [9.17, 15) is 36.2 Å². The van der Waals surface area contributed by atoms with Gasteiger partial charge in [-0.15, -0.1) is 0 Å². The molecule has 0 radical (unpaired) electrons. The molecule has 0 saturated heterocycles. The standard InChI is InChI=1S/C22H23F3N4O3.C2HF3O2/c1-29(2)9-10-32-19-11-15(16-12-26-27-13-16)5-8-18(19)28-21(31)20(30)14-3-6-17(7-4-14)22(23,24)25;3-2(4,5)1(6)7/h3-8,11-13,20,30H,9-10H2,1-2H3,(H,26,27)(H,28,31);(H,6,7). The molecule has 0 aliphatic heterocycles. The molecule has 0 aliphatic rings. The summed E-state index contributed by atoms with van der Waals surface area (Å²) in [6, 6.07) is 8.91. The van der Waals surface area contributed by atoms with Crippen molar-refractivity contribution in [1.82, 2.24) is 15.1 Å². The molecule has 1 unspecified atom stereocenters. The summed E-state index contributed by atoms with van der Waals surface area (Å²) in [5.74, 6) is -3.16. The molecular formula is C24H24F6N4O5. The van der Waals surface area contributed by atoms with Crippen LogP contribution in [0.15, 0.2) is 54.9 Å². The highest BCUT2D eigenvalue weighted by molar-refractivity contribution is 5.96. The van der Waals surface area contributed by atoms with Crippen LogP contribution in [0.4, 0.5) is 32.0 Å². The second-order valence-electron chi connectivity index (χ2n) is 8.16. The molecule has 0 spiro atoms. The van der Waals surface area contributed by atoms with Gasteiger partial charge in [0.15, 0.2) is 6.10 Å². The predicted octanol–water partition coefficient (Wildman–Crippen LogP) is 4.34. The highest BCUT2D eigenvalue weighted by Gasteiger charge is 2.38. The Labute approximate surface area is 218 Å². The van der Waals surface area contributed by atoms with E-state index >= 15 is 0 Å². The van der Waals surface area contributed by atoms with E-state index < -0.39 is 35.9 Å². The zero-order chi connectivity index (χ0) is 29.4. The summed E-state index contributed by atoms with van der Waals surface area (Å²) >= 11 is 0. The molecule has 0 saturated carbocycles. The molecule has 4 N–H and O–H groups in total. The Morgan fingerprint density at radius 3 is 2.15 bits per heavy atom. The van der Waals surface area contributed by atoms with Gasteiger partial charge < -0.3 is 25.2 Å². The molecule has 39 heavy (non-hydrogen) atoms. The molecule has 1 aromatic heterocycles. The number of rotatable bonds is 8. The Bertz CT molecular complexity index is 1230. The van der Waals surface area contributed by atoms with E-state index in [1.54, 1.807) is 30.6 Å². The van der Waals surface area contributed by atoms with Gasteiger partial charge in [-0.1, -0.05) is 18.2 Å². The molecular weight excluding hydrogens is 538 g/mol. The molecule has 0 aliphatic carbocycles. The second kappa shape index (κ2) is 13.1. The number of aromatic amines is 1. The number of benzene rings is 2. The Kier molecular flexibility index (Phi) is 10.5. The first-order chi connectivity index (χ1) is 18.1. The molecule has 9 nitrogen and oxygen atoms in total. The molecule has 1 heterocycles. The van der Waals surface area contributed by atoms with Crippen molar-refractivity contribution in [1.29, 1.82) is 0 Å². The molecule has 1 amide bonds. The van der Waals surface area contributed by atoms with Gasteiger partial charge in [-0.05, 0) is 49.5 Å². The number of hydrogen-bond donors (Lipinski definition) is 4. The van der Waals surface area contributed by atoms with Crippen molar-refractivity contribution in [2.24, 2.45) is 0 Å². The number of carbonyl (C=O) groups excluding carboxylic acids is 1. The van der Waals surface area contributed by atoms with Crippen LogP contribution in [0.2, 0.25) is 0 Å². The van der Waals surface area contributed by atoms with E-state index in [4.69, 9.17) is 14.6 Å². The maximum atomic E-state index is 12.7. The summed E-state index contributed by atoms with van der Waals surface area (Å²) in [5, 5.41) is 26.7. The molecule has 2 aromatic carbocycles. The van der Waals surface area contributed by atoms with E-state index in [1.807, 2.05) is 19.0 Å². The number of amides is 1. The lowest BCUT2D eigenvalue weighted by atomic mass is 10.1. The van der Waals surface area contributed by atoms with E-state index in [1.165, 1.54) is 0 Å². The maximum Gasteiger partial charge on any atom is 0.490 e. The summed E-state index contributed by atoms with van der Waals surface area (Å²) in [4.78, 5) is 23.4. The molecule has 0 fully saturated rings. The number of anilines is 1. The number of nitrogens with zero attached hydrogens (tertiary/aromatic N) is 2. The first-order valence-electron chi connectivity index (χ1n) is 11.0. The Morgan fingerprint density at radius 1 is 1.05 bits per heavy atom. The zero-order valence-corrected chi connectivity index (χ0v) is 20.5. The van der Waals surface area contributed by atoms with Crippen LogP contribution in [-0.4, -0.2) is 70.6 Å². The average Bonchev–Trinajstić information content (AvgIpc) is 3.38. The van der Waals surface area contributed by atoms with E-state index in [0.29, 0.717) is 24.6 Å². The van der Waals surface area contributed by atoms with Crippen LogP contribution in [0.25, 0.3) is 11.1 Å². The quantitative estimate of drug-likeness (QED) is 0.301. The fourth-order valence-electron chi connectivity index (χ4n) is 2.88. The first kappa shape index (κ1) is 31.1. The Balaban J connectivity index is 0.000000673. The minimum Gasteiger partial charge on any atom is -0.490 e. The minimum atomic E-state index is -5.08. The third-order valence-electron chi connectivity index (χ3n) is 4.91. The topological polar surface area (TPSA) is 128 Å². The monoisotopic (exact) mass is 562 g/mol. The van der Waals surface area contributed by atoms with Crippen molar-refractivity contribution in [2.75, 3.05) is 32.6 Å². The van der Waals surface area contributed by atoms with Crippen molar-refractivity contribution < 1.29 is 50.9 Å². The van der Waals surface area contributed by atoms with Crippen molar-refractivity contribution in [2.45, 2.75) is 18.5 Å². The first-order valence-corrected chi connectivity index (χ1v) is 11.0. The van der Waals surface area contributed by atoms with Crippen molar-refractivity contribution in [3.8, 4) is 16.9 Å². The summed E-state index contributed by atoms with van der Waals surface area (Å²) in [6.45, 7) is 0.990. The maximum absolute atomic E-state index is 12.7. The van der Waals surface area contributed by atoms with Crippen LogP contribution < -0.4 is 10.1 Å². The molecule has 3 rings (SSSR count). The summed E-state index contributed by atoms with van der Waals surface area (Å²) in [6.07, 6.45) is -7.88. The number of aliphatic hydroxyl groups excluding tert-OH is 1. The van der Waals surface area contributed by atoms with E-state index in [0.717, 1.165) is 35.4 Å². The minimum absolute atomic E-state index is 0.0422. The zero-order valence-electron chi connectivity index (χ0n) is 20.5. The van der Waals surface area contributed by atoms with Crippen LogP contribution in [0.3, 0.4) is 0 Å². The van der Waals surface area contributed by atoms with Crippen LogP contribution in [0.5, 0.6) is 5.75 Å². The van der Waals surface area contributed by atoms with Crippen LogP contribution in [-0.2, 0) is 15.8 Å². The third kappa shape index (κ3) is 9.61. The van der Waals surface area contributed by atoms with Gasteiger partial charge in [0, 0.05) is 18.3 Å². The van der Waals surface area contributed by atoms with Crippen molar-refractivity contribution >= 4 is 17.6 Å². The molecule has 212 valence electrons. The number of carbonyl (C=O) groups is 2. The fraction of sp³-hybridized carbons (Fsp3) is 0.292. The number of hydrogen-bond acceptors (Lipinski definition) is 6. The van der Waals surface area contributed by atoms with Crippen molar-refractivity contribution in [3.63, 3.8) is 0 Å². The van der Waals surface area contributed by atoms with Crippen LogP contribution in [0.1, 0.15) is 17.2 Å². The largest absolute Gasteiger partial charge is 0.490 e. The van der Waals surface area contributed by atoms with Gasteiger partial charge >= 0.3 is 18.3 Å². The highest BCUT2D eigenvalue weighted by Crippen LogP contribution is 2.33. The Hall–Kier alpha value is -4.11. The van der Waals surface area contributed by atoms with Gasteiger partial charge in [0.2, 0.25) is 0 Å². The lowest BCUT2D eigenvalue weighted by Gasteiger charge is -2.17. The number of H-pyrrole nitrogens is 1. The lowest BCUT2D eigenvalue weighted by Crippen LogP contribution is -2.22. The number of aliphatic hydroxyl groups is 1. The number of halogens is 6. The van der Waals surface area contributed by atoms with E-state index in [2.05, 4.69) is 15.5 Å².